The van der Waals surface area contributed by atoms with Crippen LogP contribution < -0.4 is 0 Å². The number of aliphatic hydroxyl groups excluding tert-OH is 1. The van der Waals surface area contributed by atoms with Crippen LogP contribution in [-0.2, 0) is 0 Å². The summed E-state index contributed by atoms with van der Waals surface area (Å²) in [7, 11) is 0. The van der Waals surface area contributed by atoms with E-state index >= 15 is 0 Å². The SMILES string of the molecule is CCC(C)CC(O)C1=CCCCC1. The number of aliphatic hydroxyl groups is 1. The molecule has 1 aliphatic rings. The fourth-order valence-electron chi connectivity index (χ4n) is 1.86. The monoisotopic (exact) mass is 182 g/mol. The maximum Gasteiger partial charge on any atom is 0.0752 e. The molecule has 13 heavy (non-hydrogen) atoms. The summed E-state index contributed by atoms with van der Waals surface area (Å²) >= 11 is 0. The first-order valence-corrected chi connectivity index (χ1v) is 5.61. The van der Waals surface area contributed by atoms with Crippen LogP contribution in [-0.4, -0.2) is 11.2 Å². The molecule has 1 heteroatoms. The zero-order valence-electron chi connectivity index (χ0n) is 8.92. The van der Waals surface area contributed by atoms with Gasteiger partial charge in [0.25, 0.3) is 0 Å². The minimum atomic E-state index is -0.157. The predicted molar refractivity (Wildman–Crippen MR) is 56.6 cm³/mol. The minimum absolute atomic E-state index is 0.157. The Bertz CT molecular complexity index is 172. The van der Waals surface area contributed by atoms with Crippen molar-refractivity contribution in [1.82, 2.24) is 0 Å². The van der Waals surface area contributed by atoms with Gasteiger partial charge in [-0.15, -0.1) is 0 Å². The van der Waals surface area contributed by atoms with Gasteiger partial charge in [-0.05, 0) is 43.6 Å². The summed E-state index contributed by atoms with van der Waals surface area (Å²) in [5.74, 6) is 0.651. The van der Waals surface area contributed by atoms with Crippen molar-refractivity contribution in [2.24, 2.45) is 5.92 Å². The fourth-order valence-corrected chi connectivity index (χ4v) is 1.86. The molecular weight excluding hydrogens is 160 g/mol. The molecule has 1 aliphatic carbocycles. The Labute approximate surface area is 81.9 Å². The Morgan fingerprint density at radius 3 is 2.77 bits per heavy atom. The molecule has 0 saturated carbocycles. The van der Waals surface area contributed by atoms with Gasteiger partial charge in [-0.1, -0.05) is 26.3 Å². The van der Waals surface area contributed by atoms with Crippen molar-refractivity contribution in [2.45, 2.75) is 58.5 Å². The minimum Gasteiger partial charge on any atom is -0.389 e. The Morgan fingerprint density at radius 2 is 2.23 bits per heavy atom. The summed E-state index contributed by atoms with van der Waals surface area (Å²) in [6.45, 7) is 4.40. The van der Waals surface area contributed by atoms with Crippen LogP contribution in [0.5, 0.6) is 0 Å². The Balaban J connectivity index is 2.37. The van der Waals surface area contributed by atoms with Crippen LogP contribution in [0.2, 0.25) is 0 Å². The van der Waals surface area contributed by atoms with Gasteiger partial charge in [0.15, 0.2) is 0 Å². The number of allylic oxidation sites excluding steroid dienone is 1. The van der Waals surface area contributed by atoms with E-state index < -0.39 is 0 Å². The van der Waals surface area contributed by atoms with E-state index in [9.17, 15) is 5.11 Å². The highest BCUT2D eigenvalue weighted by molar-refractivity contribution is 5.10. The lowest BCUT2D eigenvalue weighted by Gasteiger charge is -2.20. The van der Waals surface area contributed by atoms with E-state index in [1.165, 1.54) is 31.3 Å². The van der Waals surface area contributed by atoms with E-state index in [0.717, 1.165) is 12.8 Å². The third-order valence-electron chi connectivity index (χ3n) is 3.08. The van der Waals surface area contributed by atoms with E-state index in [1.54, 1.807) is 0 Å². The highest BCUT2D eigenvalue weighted by Gasteiger charge is 2.15. The first-order chi connectivity index (χ1) is 6.24. The largest absolute Gasteiger partial charge is 0.389 e. The summed E-state index contributed by atoms with van der Waals surface area (Å²) in [6, 6.07) is 0. The molecule has 76 valence electrons. The van der Waals surface area contributed by atoms with Gasteiger partial charge in [0.05, 0.1) is 6.10 Å². The van der Waals surface area contributed by atoms with Gasteiger partial charge >= 0.3 is 0 Å². The van der Waals surface area contributed by atoms with Crippen molar-refractivity contribution in [3.63, 3.8) is 0 Å². The standard InChI is InChI=1S/C12H22O/c1-3-10(2)9-12(13)11-7-5-4-6-8-11/h7,10,12-13H,3-6,8-9H2,1-2H3. The van der Waals surface area contributed by atoms with Gasteiger partial charge in [-0.3, -0.25) is 0 Å². The molecule has 0 aliphatic heterocycles. The molecule has 0 amide bonds. The van der Waals surface area contributed by atoms with Gasteiger partial charge < -0.3 is 5.11 Å². The van der Waals surface area contributed by atoms with Gasteiger partial charge in [0, 0.05) is 0 Å². The second kappa shape index (κ2) is 5.43. The Kier molecular flexibility index (Phi) is 4.51. The lowest BCUT2D eigenvalue weighted by Crippen LogP contribution is -2.15. The zero-order valence-corrected chi connectivity index (χ0v) is 8.92. The third-order valence-corrected chi connectivity index (χ3v) is 3.08. The lowest BCUT2D eigenvalue weighted by atomic mass is 9.90. The summed E-state index contributed by atoms with van der Waals surface area (Å²) in [5.41, 5.74) is 1.30. The van der Waals surface area contributed by atoms with Gasteiger partial charge in [-0.2, -0.15) is 0 Å². The topological polar surface area (TPSA) is 20.2 Å². The molecule has 0 heterocycles. The van der Waals surface area contributed by atoms with Gasteiger partial charge in [0.1, 0.15) is 0 Å². The Hall–Kier alpha value is -0.300. The number of rotatable bonds is 4. The summed E-state index contributed by atoms with van der Waals surface area (Å²) in [4.78, 5) is 0. The molecule has 1 nitrogen and oxygen atoms in total. The maximum absolute atomic E-state index is 9.91. The average Bonchev–Trinajstić information content (AvgIpc) is 2.19. The molecule has 0 bridgehead atoms. The van der Waals surface area contributed by atoms with Crippen molar-refractivity contribution in [3.8, 4) is 0 Å². The second-order valence-electron chi connectivity index (χ2n) is 4.29. The van der Waals surface area contributed by atoms with Crippen LogP contribution in [0.25, 0.3) is 0 Å². The van der Waals surface area contributed by atoms with E-state index in [4.69, 9.17) is 0 Å². The van der Waals surface area contributed by atoms with E-state index in [1.807, 2.05) is 0 Å². The van der Waals surface area contributed by atoms with E-state index in [0.29, 0.717) is 5.92 Å². The van der Waals surface area contributed by atoms with E-state index in [-0.39, 0.29) is 6.10 Å². The summed E-state index contributed by atoms with van der Waals surface area (Å²) in [5, 5.41) is 9.91. The fraction of sp³-hybridized carbons (Fsp3) is 0.833. The van der Waals surface area contributed by atoms with Crippen LogP contribution in [0.4, 0.5) is 0 Å². The molecule has 0 fully saturated rings. The quantitative estimate of drug-likeness (QED) is 0.661. The lowest BCUT2D eigenvalue weighted by molar-refractivity contribution is 0.172. The van der Waals surface area contributed by atoms with Crippen LogP contribution in [0, 0.1) is 5.92 Å². The van der Waals surface area contributed by atoms with Crippen molar-refractivity contribution < 1.29 is 5.11 Å². The van der Waals surface area contributed by atoms with Crippen molar-refractivity contribution in [3.05, 3.63) is 11.6 Å². The van der Waals surface area contributed by atoms with Crippen molar-refractivity contribution in [2.75, 3.05) is 0 Å². The third kappa shape index (κ3) is 3.51. The average molecular weight is 182 g/mol. The maximum atomic E-state index is 9.91. The highest BCUT2D eigenvalue weighted by Crippen LogP contribution is 2.24. The molecule has 0 aromatic heterocycles. The molecule has 0 radical (unpaired) electrons. The first kappa shape index (κ1) is 10.8. The summed E-state index contributed by atoms with van der Waals surface area (Å²) in [6.07, 6.45) is 9.08. The normalized spacial score (nSPS) is 22.2. The molecule has 0 spiro atoms. The van der Waals surface area contributed by atoms with Crippen LogP contribution in [0.15, 0.2) is 11.6 Å². The van der Waals surface area contributed by atoms with Crippen LogP contribution in [0.1, 0.15) is 52.4 Å². The molecule has 2 unspecified atom stereocenters. The predicted octanol–water partition coefficient (Wildman–Crippen LogP) is 3.28. The van der Waals surface area contributed by atoms with Crippen LogP contribution >= 0.6 is 0 Å². The first-order valence-electron chi connectivity index (χ1n) is 5.61. The van der Waals surface area contributed by atoms with Crippen molar-refractivity contribution >= 4 is 0 Å². The second-order valence-corrected chi connectivity index (χ2v) is 4.29. The van der Waals surface area contributed by atoms with Gasteiger partial charge in [0.2, 0.25) is 0 Å². The molecule has 2 atom stereocenters. The molecule has 0 aromatic carbocycles. The smallest absolute Gasteiger partial charge is 0.0752 e. The Morgan fingerprint density at radius 1 is 1.46 bits per heavy atom. The molecule has 0 aromatic rings. The number of hydrogen-bond acceptors (Lipinski definition) is 1. The molecular formula is C12H22O. The van der Waals surface area contributed by atoms with Crippen molar-refractivity contribution in [1.29, 1.82) is 0 Å². The summed E-state index contributed by atoms with van der Waals surface area (Å²) < 4.78 is 0. The van der Waals surface area contributed by atoms with Crippen LogP contribution in [0.3, 0.4) is 0 Å². The molecule has 0 saturated heterocycles. The molecule has 1 rings (SSSR count). The van der Waals surface area contributed by atoms with Gasteiger partial charge in [-0.25, -0.2) is 0 Å². The van der Waals surface area contributed by atoms with E-state index in [2.05, 4.69) is 19.9 Å². The zero-order chi connectivity index (χ0) is 9.68. The molecule has 1 N–H and O–H groups in total. The number of hydrogen-bond donors (Lipinski definition) is 1. The highest BCUT2D eigenvalue weighted by atomic mass is 16.3.